The Kier molecular flexibility index (Phi) is 3.50. The summed E-state index contributed by atoms with van der Waals surface area (Å²) in [6.45, 7) is 9.89. The van der Waals surface area contributed by atoms with Crippen LogP contribution in [0.1, 0.15) is 41.0 Å². The van der Waals surface area contributed by atoms with Crippen molar-refractivity contribution in [1.82, 2.24) is 0 Å². The molecule has 0 atom stereocenters. The van der Waals surface area contributed by atoms with Crippen LogP contribution in [0.15, 0.2) is 11.6 Å². The second kappa shape index (κ2) is 3.70. The first-order valence-corrected chi connectivity index (χ1v) is 4.09. The van der Waals surface area contributed by atoms with Crippen molar-refractivity contribution in [2.45, 2.75) is 41.0 Å². The number of allylic oxidation sites excluding steroid dienone is 2. The molecule has 11 heavy (non-hydrogen) atoms. The summed E-state index contributed by atoms with van der Waals surface area (Å²) in [6.07, 6.45) is 3.12. The molecule has 64 valence electrons. The third-order valence-corrected chi connectivity index (χ3v) is 2.07. The van der Waals surface area contributed by atoms with E-state index in [1.165, 1.54) is 0 Å². The fraction of sp³-hybridized carbons (Fsp3) is 0.700. The van der Waals surface area contributed by atoms with Gasteiger partial charge in [-0.3, -0.25) is 4.79 Å². The van der Waals surface area contributed by atoms with Gasteiger partial charge in [-0.15, -0.1) is 0 Å². The van der Waals surface area contributed by atoms with Crippen molar-refractivity contribution in [3.05, 3.63) is 11.6 Å². The van der Waals surface area contributed by atoms with Crippen molar-refractivity contribution in [2.24, 2.45) is 5.41 Å². The molecule has 0 fully saturated rings. The first-order valence-electron chi connectivity index (χ1n) is 4.09. The zero-order valence-electron chi connectivity index (χ0n) is 8.19. The quantitative estimate of drug-likeness (QED) is 0.571. The van der Waals surface area contributed by atoms with Crippen LogP contribution in [0.5, 0.6) is 0 Å². The van der Waals surface area contributed by atoms with E-state index in [9.17, 15) is 4.79 Å². The predicted molar refractivity (Wildman–Crippen MR) is 48.5 cm³/mol. The van der Waals surface area contributed by atoms with Gasteiger partial charge in [-0.1, -0.05) is 26.8 Å². The van der Waals surface area contributed by atoms with E-state index in [1.807, 2.05) is 6.92 Å². The Morgan fingerprint density at radius 2 is 1.82 bits per heavy atom. The summed E-state index contributed by atoms with van der Waals surface area (Å²) in [4.78, 5) is 10.9. The van der Waals surface area contributed by atoms with Crippen LogP contribution in [-0.4, -0.2) is 5.78 Å². The van der Waals surface area contributed by atoms with E-state index in [-0.39, 0.29) is 11.2 Å². The number of carbonyl (C=O) groups excluding carboxylic acids is 1. The average Bonchev–Trinajstić information content (AvgIpc) is 1.87. The Labute approximate surface area is 69.5 Å². The molecular formula is C10H18O. The molecule has 0 saturated heterocycles. The second-order valence-corrected chi connectivity index (χ2v) is 3.73. The minimum Gasteiger partial charge on any atom is -0.295 e. The lowest BCUT2D eigenvalue weighted by Crippen LogP contribution is -2.07. The molecule has 0 saturated carbocycles. The highest BCUT2D eigenvalue weighted by molar-refractivity contribution is 5.92. The normalized spacial score (nSPS) is 13.4. The van der Waals surface area contributed by atoms with Crippen molar-refractivity contribution in [2.75, 3.05) is 0 Å². The summed E-state index contributed by atoms with van der Waals surface area (Å²) in [6, 6.07) is 0. The van der Waals surface area contributed by atoms with E-state index in [4.69, 9.17) is 0 Å². The number of hydrogen-bond donors (Lipinski definition) is 0. The smallest absolute Gasteiger partial charge is 0.155 e. The summed E-state index contributed by atoms with van der Waals surface area (Å²) in [7, 11) is 0. The first-order chi connectivity index (χ1) is 4.89. The molecule has 0 aliphatic rings. The molecule has 0 spiro atoms. The number of Topliss-reactive ketones (excluding diaryl/α,β-unsaturated/α-hetero) is 1. The lowest BCUT2D eigenvalue weighted by Gasteiger charge is -2.17. The maximum atomic E-state index is 10.9. The monoisotopic (exact) mass is 154 g/mol. The van der Waals surface area contributed by atoms with Crippen molar-refractivity contribution < 1.29 is 4.79 Å². The van der Waals surface area contributed by atoms with E-state index in [0.29, 0.717) is 0 Å². The molecule has 1 nitrogen and oxygen atoms in total. The molecule has 1 heteroatoms. The summed E-state index contributed by atoms with van der Waals surface area (Å²) in [5, 5.41) is 0. The lowest BCUT2D eigenvalue weighted by atomic mass is 9.87. The van der Waals surface area contributed by atoms with Crippen molar-refractivity contribution >= 4 is 5.78 Å². The SMILES string of the molecule is CCC(C)(C)/C=C(\C)C(C)=O. The molecule has 0 aliphatic heterocycles. The fourth-order valence-electron chi connectivity index (χ4n) is 0.790. The molecule has 0 bridgehead atoms. The summed E-state index contributed by atoms with van der Waals surface area (Å²) >= 11 is 0. The molecule has 0 N–H and O–H groups in total. The van der Waals surface area contributed by atoms with Gasteiger partial charge in [0.05, 0.1) is 0 Å². The predicted octanol–water partition coefficient (Wildman–Crippen LogP) is 2.96. The molecule has 0 rings (SSSR count). The van der Waals surface area contributed by atoms with Crippen molar-refractivity contribution in [3.63, 3.8) is 0 Å². The Hall–Kier alpha value is -0.590. The molecule has 0 amide bonds. The van der Waals surface area contributed by atoms with Gasteiger partial charge in [0.25, 0.3) is 0 Å². The Bertz CT molecular complexity index is 175. The highest BCUT2D eigenvalue weighted by Crippen LogP contribution is 2.23. The lowest BCUT2D eigenvalue weighted by molar-refractivity contribution is -0.113. The van der Waals surface area contributed by atoms with Crippen LogP contribution in [-0.2, 0) is 4.79 Å². The number of hydrogen-bond acceptors (Lipinski definition) is 1. The van der Waals surface area contributed by atoms with Crippen LogP contribution < -0.4 is 0 Å². The van der Waals surface area contributed by atoms with Gasteiger partial charge in [-0.05, 0) is 31.3 Å². The minimum absolute atomic E-state index is 0.162. The Morgan fingerprint density at radius 1 is 1.36 bits per heavy atom. The maximum Gasteiger partial charge on any atom is 0.155 e. The van der Waals surface area contributed by atoms with Gasteiger partial charge < -0.3 is 0 Å². The molecule has 0 radical (unpaired) electrons. The largest absolute Gasteiger partial charge is 0.295 e. The standard InChI is InChI=1S/C10H18O/c1-6-10(4,5)7-8(2)9(3)11/h7H,6H2,1-5H3/b8-7+. The summed E-state index contributed by atoms with van der Waals surface area (Å²) in [5.41, 5.74) is 1.03. The van der Waals surface area contributed by atoms with Gasteiger partial charge in [-0.25, -0.2) is 0 Å². The summed E-state index contributed by atoms with van der Waals surface area (Å²) in [5.74, 6) is 0.173. The van der Waals surface area contributed by atoms with Gasteiger partial charge >= 0.3 is 0 Å². The molecule has 0 unspecified atom stereocenters. The molecular weight excluding hydrogens is 136 g/mol. The molecule has 0 aromatic heterocycles. The Balaban J connectivity index is 4.41. The molecule has 0 aliphatic carbocycles. The minimum atomic E-state index is 0.162. The topological polar surface area (TPSA) is 17.1 Å². The fourth-order valence-corrected chi connectivity index (χ4v) is 0.790. The zero-order chi connectivity index (χ0) is 9.07. The van der Waals surface area contributed by atoms with E-state index >= 15 is 0 Å². The van der Waals surface area contributed by atoms with Crippen LogP contribution in [0.2, 0.25) is 0 Å². The van der Waals surface area contributed by atoms with E-state index in [2.05, 4.69) is 26.8 Å². The Morgan fingerprint density at radius 3 is 2.09 bits per heavy atom. The highest BCUT2D eigenvalue weighted by atomic mass is 16.1. The number of ketones is 1. The van der Waals surface area contributed by atoms with Crippen LogP contribution >= 0.6 is 0 Å². The van der Waals surface area contributed by atoms with Crippen LogP contribution in [0, 0.1) is 5.41 Å². The van der Waals surface area contributed by atoms with Gasteiger partial charge in [0.1, 0.15) is 0 Å². The summed E-state index contributed by atoms with van der Waals surface area (Å²) < 4.78 is 0. The van der Waals surface area contributed by atoms with Crippen molar-refractivity contribution in [1.29, 1.82) is 0 Å². The van der Waals surface area contributed by atoms with Gasteiger partial charge in [-0.2, -0.15) is 0 Å². The van der Waals surface area contributed by atoms with E-state index in [0.717, 1.165) is 12.0 Å². The van der Waals surface area contributed by atoms with Crippen LogP contribution in [0.4, 0.5) is 0 Å². The van der Waals surface area contributed by atoms with Crippen LogP contribution in [0.3, 0.4) is 0 Å². The third kappa shape index (κ3) is 3.97. The molecule has 0 heterocycles. The van der Waals surface area contributed by atoms with Gasteiger partial charge in [0, 0.05) is 0 Å². The third-order valence-electron chi connectivity index (χ3n) is 2.07. The molecule has 0 aromatic rings. The zero-order valence-corrected chi connectivity index (χ0v) is 8.19. The maximum absolute atomic E-state index is 10.9. The van der Waals surface area contributed by atoms with Gasteiger partial charge in [0.2, 0.25) is 0 Å². The molecule has 0 aromatic carbocycles. The van der Waals surface area contributed by atoms with Crippen LogP contribution in [0.25, 0.3) is 0 Å². The van der Waals surface area contributed by atoms with Gasteiger partial charge in [0.15, 0.2) is 5.78 Å². The average molecular weight is 154 g/mol. The number of rotatable bonds is 3. The second-order valence-electron chi connectivity index (χ2n) is 3.73. The first kappa shape index (κ1) is 10.4. The highest BCUT2D eigenvalue weighted by Gasteiger charge is 2.12. The van der Waals surface area contributed by atoms with E-state index in [1.54, 1.807) is 6.92 Å². The van der Waals surface area contributed by atoms with E-state index < -0.39 is 0 Å². The number of carbonyl (C=O) groups is 1. The van der Waals surface area contributed by atoms with Crippen molar-refractivity contribution in [3.8, 4) is 0 Å².